The Morgan fingerprint density at radius 1 is 0.920 bits per heavy atom. The molecular formula is C19H26N2O4. The van der Waals surface area contributed by atoms with E-state index < -0.39 is 0 Å². The first-order valence-corrected chi connectivity index (χ1v) is 9.15. The highest BCUT2D eigenvalue weighted by atomic mass is 16.5. The third-order valence-electron chi connectivity index (χ3n) is 4.69. The minimum atomic E-state index is -0.000504. The molecule has 1 aromatic carbocycles. The monoisotopic (exact) mass is 346 g/mol. The summed E-state index contributed by atoms with van der Waals surface area (Å²) < 4.78 is 11.3. The zero-order chi connectivity index (χ0) is 17.6. The highest BCUT2D eigenvalue weighted by Gasteiger charge is 2.23. The second-order valence-electron chi connectivity index (χ2n) is 6.47. The number of piperidine rings is 1. The van der Waals surface area contributed by atoms with E-state index in [9.17, 15) is 9.59 Å². The van der Waals surface area contributed by atoms with Crippen molar-refractivity contribution in [1.82, 2.24) is 9.80 Å². The molecule has 2 aliphatic rings. The fraction of sp³-hybridized carbons (Fsp3) is 0.579. The molecule has 0 N–H and O–H groups in total. The van der Waals surface area contributed by atoms with Crippen molar-refractivity contribution < 1.29 is 19.1 Å². The molecule has 2 aliphatic heterocycles. The van der Waals surface area contributed by atoms with Crippen LogP contribution in [0, 0.1) is 0 Å². The first-order chi connectivity index (χ1) is 12.2. The van der Waals surface area contributed by atoms with Gasteiger partial charge in [-0.15, -0.1) is 0 Å². The number of ether oxygens (including phenoxy) is 2. The number of rotatable bonds is 6. The SMILES string of the molecule is CCOc1cc(C(=O)N2CCC2)ccc1OCC(=O)N1CCCCC1. The number of hydrogen-bond acceptors (Lipinski definition) is 4. The van der Waals surface area contributed by atoms with Crippen molar-refractivity contribution >= 4 is 11.8 Å². The number of hydrogen-bond donors (Lipinski definition) is 0. The van der Waals surface area contributed by atoms with Crippen LogP contribution in [0.25, 0.3) is 0 Å². The molecule has 0 atom stereocenters. The number of amides is 2. The number of likely N-dealkylation sites (tertiary alicyclic amines) is 2. The molecule has 6 nitrogen and oxygen atoms in total. The van der Waals surface area contributed by atoms with Gasteiger partial charge in [-0.1, -0.05) is 0 Å². The van der Waals surface area contributed by atoms with Gasteiger partial charge in [-0.3, -0.25) is 9.59 Å². The van der Waals surface area contributed by atoms with E-state index in [0.29, 0.717) is 23.7 Å². The predicted molar refractivity (Wildman–Crippen MR) is 94.1 cm³/mol. The summed E-state index contributed by atoms with van der Waals surface area (Å²) in [5.74, 6) is 1.04. The van der Waals surface area contributed by atoms with Crippen LogP contribution in [-0.4, -0.2) is 61.0 Å². The van der Waals surface area contributed by atoms with E-state index in [2.05, 4.69) is 0 Å². The van der Waals surface area contributed by atoms with Crippen molar-refractivity contribution in [2.24, 2.45) is 0 Å². The molecule has 0 radical (unpaired) electrons. The highest BCUT2D eigenvalue weighted by molar-refractivity contribution is 5.95. The quantitative estimate of drug-likeness (QED) is 0.793. The van der Waals surface area contributed by atoms with Crippen molar-refractivity contribution in [3.05, 3.63) is 23.8 Å². The smallest absolute Gasteiger partial charge is 0.260 e. The molecule has 2 heterocycles. The summed E-state index contributed by atoms with van der Waals surface area (Å²) in [5, 5.41) is 0. The Hall–Kier alpha value is -2.24. The van der Waals surface area contributed by atoms with Gasteiger partial charge in [-0.05, 0) is 50.8 Å². The van der Waals surface area contributed by atoms with E-state index in [4.69, 9.17) is 9.47 Å². The lowest BCUT2D eigenvalue weighted by Crippen LogP contribution is -2.42. The van der Waals surface area contributed by atoms with E-state index in [0.717, 1.165) is 45.4 Å². The third kappa shape index (κ3) is 4.24. The van der Waals surface area contributed by atoms with Gasteiger partial charge >= 0.3 is 0 Å². The van der Waals surface area contributed by atoms with Crippen molar-refractivity contribution in [3.63, 3.8) is 0 Å². The maximum atomic E-state index is 12.3. The van der Waals surface area contributed by atoms with Crippen molar-refractivity contribution in [2.45, 2.75) is 32.6 Å². The van der Waals surface area contributed by atoms with Gasteiger partial charge < -0.3 is 19.3 Å². The van der Waals surface area contributed by atoms with E-state index in [-0.39, 0.29) is 18.4 Å². The van der Waals surface area contributed by atoms with Crippen LogP contribution in [0.5, 0.6) is 11.5 Å². The van der Waals surface area contributed by atoms with Crippen LogP contribution in [0.3, 0.4) is 0 Å². The van der Waals surface area contributed by atoms with Crippen LogP contribution in [0.4, 0.5) is 0 Å². The summed E-state index contributed by atoms with van der Waals surface area (Å²) in [5.41, 5.74) is 0.595. The topological polar surface area (TPSA) is 59.1 Å². The number of benzene rings is 1. The van der Waals surface area contributed by atoms with Crippen LogP contribution in [-0.2, 0) is 4.79 Å². The lowest BCUT2D eigenvalue weighted by atomic mass is 10.1. The second kappa shape index (κ2) is 8.23. The molecule has 6 heteroatoms. The molecule has 2 fully saturated rings. The molecule has 0 saturated carbocycles. The van der Waals surface area contributed by atoms with Gasteiger partial charge in [0, 0.05) is 31.7 Å². The Bertz CT molecular complexity index is 622. The van der Waals surface area contributed by atoms with E-state index in [1.54, 1.807) is 18.2 Å². The first-order valence-electron chi connectivity index (χ1n) is 9.15. The average molecular weight is 346 g/mol. The number of nitrogens with zero attached hydrogens (tertiary/aromatic N) is 2. The Labute approximate surface area is 148 Å². The van der Waals surface area contributed by atoms with E-state index in [1.165, 1.54) is 6.42 Å². The maximum Gasteiger partial charge on any atom is 0.260 e. The minimum Gasteiger partial charge on any atom is -0.490 e. The molecule has 136 valence electrons. The van der Waals surface area contributed by atoms with Crippen molar-refractivity contribution in [3.8, 4) is 11.5 Å². The van der Waals surface area contributed by atoms with Crippen LogP contribution in [0.1, 0.15) is 43.0 Å². The molecule has 0 bridgehead atoms. The molecular weight excluding hydrogens is 320 g/mol. The molecule has 0 aliphatic carbocycles. The third-order valence-corrected chi connectivity index (χ3v) is 4.69. The van der Waals surface area contributed by atoms with Gasteiger partial charge in [-0.2, -0.15) is 0 Å². The Balaban J connectivity index is 1.65. The summed E-state index contributed by atoms with van der Waals surface area (Å²) in [6.45, 7) is 5.59. The lowest BCUT2D eigenvalue weighted by Gasteiger charge is -2.31. The standard InChI is InChI=1S/C19H26N2O4/c1-2-24-17-13-15(19(23)21-11-6-12-21)7-8-16(17)25-14-18(22)20-9-4-3-5-10-20/h7-8,13H,2-6,9-12,14H2,1H3. The van der Waals surface area contributed by atoms with E-state index >= 15 is 0 Å². The highest BCUT2D eigenvalue weighted by Crippen LogP contribution is 2.29. The predicted octanol–water partition coefficient (Wildman–Crippen LogP) is 2.32. The largest absolute Gasteiger partial charge is 0.490 e. The molecule has 1 aromatic rings. The van der Waals surface area contributed by atoms with Gasteiger partial charge in [0.2, 0.25) is 0 Å². The van der Waals surface area contributed by atoms with Crippen LogP contribution in [0.15, 0.2) is 18.2 Å². The zero-order valence-electron chi connectivity index (χ0n) is 14.8. The normalized spacial score (nSPS) is 17.0. The molecule has 0 spiro atoms. The first kappa shape index (κ1) is 17.6. The molecule has 0 unspecified atom stereocenters. The van der Waals surface area contributed by atoms with Crippen molar-refractivity contribution in [1.29, 1.82) is 0 Å². The number of carbonyl (C=O) groups excluding carboxylic acids is 2. The van der Waals surface area contributed by atoms with Gasteiger partial charge in [0.25, 0.3) is 11.8 Å². The summed E-state index contributed by atoms with van der Waals surface area (Å²) in [4.78, 5) is 28.3. The second-order valence-corrected chi connectivity index (χ2v) is 6.47. The molecule has 25 heavy (non-hydrogen) atoms. The van der Waals surface area contributed by atoms with Crippen LogP contribution < -0.4 is 9.47 Å². The van der Waals surface area contributed by atoms with Gasteiger partial charge in [0.05, 0.1) is 6.61 Å². The molecule has 3 rings (SSSR count). The average Bonchev–Trinajstić information content (AvgIpc) is 2.60. The molecule has 2 amide bonds. The fourth-order valence-electron chi connectivity index (χ4n) is 3.10. The lowest BCUT2D eigenvalue weighted by molar-refractivity contribution is -0.134. The summed E-state index contributed by atoms with van der Waals surface area (Å²) in [6.07, 6.45) is 4.36. The summed E-state index contributed by atoms with van der Waals surface area (Å²) in [7, 11) is 0. The Morgan fingerprint density at radius 3 is 2.28 bits per heavy atom. The van der Waals surface area contributed by atoms with Gasteiger partial charge in [0.15, 0.2) is 18.1 Å². The van der Waals surface area contributed by atoms with Crippen LogP contribution in [0.2, 0.25) is 0 Å². The van der Waals surface area contributed by atoms with Gasteiger partial charge in [0.1, 0.15) is 0 Å². The maximum absolute atomic E-state index is 12.3. The summed E-state index contributed by atoms with van der Waals surface area (Å²) in [6, 6.07) is 5.18. The molecule has 0 aromatic heterocycles. The Kier molecular flexibility index (Phi) is 5.79. The van der Waals surface area contributed by atoms with Gasteiger partial charge in [-0.25, -0.2) is 0 Å². The summed E-state index contributed by atoms with van der Waals surface area (Å²) >= 11 is 0. The zero-order valence-corrected chi connectivity index (χ0v) is 14.8. The van der Waals surface area contributed by atoms with Crippen molar-refractivity contribution in [2.75, 3.05) is 39.4 Å². The van der Waals surface area contributed by atoms with Crippen LogP contribution >= 0.6 is 0 Å². The molecule has 2 saturated heterocycles. The fourth-order valence-corrected chi connectivity index (χ4v) is 3.10. The minimum absolute atomic E-state index is 0.000504. The Morgan fingerprint density at radius 2 is 1.64 bits per heavy atom. The number of carbonyl (C=O) groups is 2. The van der Waals surface area contributed by atoms with E-state index in [1.807, 2.05) is 16.7 Å².